The molecule has 154 valence electrons. The predicted octanol–water partition coefficient (Wildman–Crippen LogP) is 4.76. The van der Waals surface area contributed by atoms with Crippen molar-refractivity contribution in [3.05, 3.63) is 63.2 Å². The lowest BCUT2D eigenvalue weighted by molar-refractivity contribution is -0.384. The van der Waals surface area contributed by atoms with E-state index in [4.69, 9.17) is 16.3 Å². The summed E-state index contributed by atoms with van der Waals surface area (Å²) in [5.41, 5.74) is 0.222. The van der Waals surface area contributed by atoms with Crippen LogP contribution in [0, 0.1) is 10.1 Å². The van der Waals surface area contributed by atoms with E-state index in [9.17, 15) is 14.9 Å². The second-order valence-electron chi connectivity index (χ2n) is 7.00. The minimum Gasteiger partial charge on any atom is -0.493 e. The Morgan fingerprint density at radius 2 is 1.97 bits per heavy atom. The van der Waals surface area contributed by atoms with E-state index in [0.717, 1.165) is 26.1 Å². The molecule has 2 aromatic carbocycles. The summed E-state index contributed by atoms with van der Waals surface area (Å²) < 4.78 is 5.69. The lowest BCUT2D eigenvalue weighted by atomic mass is 10.1. The molecule has 8 heteroatoms. The van der Waals surface area contributed by atoms with Crippen molar-refractivity contribution >= 4 is 28.9 Å². The van der Waals surface area contributed by atoms with Gasteiger partial charge in [-0.25, -0.2) is 0 Å². The van der Waals surface area contributed by atoms with Crippen LogP contribution in [0.1, 0.15) is 36.0 Å². The summed E-state index contributed by atoms with van der Waals surface area (Å²) in [7, 11) is 0. The highest BCUT2D eigenvalue weighted by molar-refractivity contribution is 6.31. The SMILES string of the molecule is O=C(Nc1ccc(OCCCN2CCCCC2)cc1[N+](=O)[O-])c1cccc(Cl)c1. The molecule has 1 saturated heterocycles. The number of carbonyl (C=O) groups excluding carboxylic acids is 1. The van der Waals surface area contributed by atoms with Gasteiger partial charge in [-0.15, -0.1) is 0 Å². The van der Waals surface area contributed by atoms with Crippen molar-refractivity contribution in [2.75, 3.05) is 31.6 Å². The summed E-state index contributed by atoms with van der Waals surface area (Å²) in [6, 6.07) is 10.8. The quantitative estimate of drug-likeness (QED) is 0.380. The Balaban J connectivity index is 1.59. The maximum absolute atomic E-state index is 12.4. The first-order chi connectivity index (χ1) is 14.0. The van der Waals surface area contributed by atoms with Crippen molar-refractivity contribution in [3.8, 4) is 5.75 Å². The average molecular weight is 418 g/mol. The number of hydrogen-bond donors (Lipinski definition) is 1. The predicted molar refractivity (Wildman–Crippen MR) is 113 cm³/mol. The number of nitro benzene ring substituents is 1. The molecule has 0 radical (unpaired) electrons. The van der Waals surface area contributed by atoms with Crippen LogP contribution in [0.5, 0.6) is 5.75 Å². The molecule has 0 aliphatic carbocycles. The summed E-state index contributed by atoms with van der Waals surface area (Å²) in [5, 5.41) is 14.4. The number of nitro groups is 1. The number of likely N-dealkylation sites (tertiary alicyclic amines) is 1. The number of halogens is 1. The summed E-state index contributed by atoms with van der Waals surface area (Å²) in [6.07, 6.45) is 4.66. The van der Waals surface area contributed by atoms with E-state index in [1.165, 1.54) is 37.5 Å². The topological polar surface area (TPSA) is 84.7 Å². The molecule has 7 nitrogen and oxygen atoms in total. The highest BCUT2D eigenvalue weighted by Gasteiger charge is 2.18. The Bertz CT molecular complexity index is 869. The molecule has 1 amide bonds. The molecule has 29 heavy (non-hydrogen) atoms. The average Bonchev–Trinajstić information content (AvgIpc) is 2.72. The Hall–Kier alpha value is -2.64. The van der Waals surface area contributed by atoms with Crippen molar-refractivity contribution in [3.63, 3.8) is 0 Å². The molecular weight excluding hydrogens is 394 g/mol. The molecule has 1 fully saturated rings. The zero-order valence-electron chi connectivity index (χ0n) is 16.1. The van der Waals surface area contributed by atoms with E-state index >= 15 is 0 Å². The van der Waals surface area contributed by atoms with Crippen molar-refractivity contribution < 1.29 is 14.5 Å². The third kappa shape index (κ3) is 6.17. The van der Waals surface area contributed by atoms with Crippen molar-refractivity contribution in [1.29, 1.82) is 0 Å². The van der Waals surface area contributed by atoms with Gasteiger partial charge < -0.3 is 15.0 Å². The molecular formula is C21H24ClN3O4. The number of carbonyl (C=O) groups is 1. The fourth-order valence-electron chi connectivity index (χ4n) is 3.34. The van der Waals surface area contributed by atoms with Gasteiger partial charge in [-0.3, -0.25) is 14.9 Å². The van der Waals surface area contributed by atoms with Gasteiger partial charge in [-0.2, -0.15) is 0 Å². The number of rotatable bonds is 8. The lowest BCUT2D eigenvalue weighted by Crippen LogP contribution is -2.31. The molecule has 3 rings (SSSR count). The molecule has 2 aromatic rings. The maximum atomic E-state index is 12.4. The number of ether oxygens (including phenoxy) is 1. The molecule has 1 aliphatic rings. The number of piperidine rings is 1. The number of amides is 1. The van der Waals surface area contributed by atoms with E-state index in [1.807, 2.05) is 0 Å². The second kappa shape index (κ2) is 10.2. The lowest BCUT2D eigenvalue weighted by Gasteiger charge is -2.26. The molecule has 0 spiro atoms. The van der Waals surface area contributed by atoms with Crippen LogP contribution in [0.3, 0.4) is 0 Å². The molecule has 0 bridgehead atoms. The van der Waals surface area contributed by atoms with Gasteiger partial charge in [0, 0.05) is 17.1 Å². The van der Waals surface area contributed by atoms with Crippen LogP contribution in [0.4, 0.5) is 11.4 Å². The molecule has 1 N–H and O–H groups in total. The van der Waals surface area contributed by atoms with Crippen molar-refractivity contribution in [2.24, 2.45) is 0 Å². The number of nitrogens with one attached hydrogen (secondary N) is 1. The van der Waals surface area contributed by atoms with Crippen molar-refractivity contribution in [1.82, 2.24) is 4.90 Å². The zero-order valence-corrected chi connectivity index (χ0v) is 16.9. The van der Waals surface area contributed by atoms with Gasteiger partial charge in [0.2, 0.25) is 0 Å². The third-order valence-electron chi connectivity index (χ3n) is 4.84. The summed E-state index contributed by atoms with van der Waals surface area (Å²) in [5.74, 6) is -0.0538. The molecule has 1 aliphatic heterocycles. The Morgan fingerprint density at radius 3 is 2.69 bits per heavy atom. The van der Waals surface area contributed by atoms with Crippen LogP contribution in [-0.4, -0.2) is 42.0 Å². The normalized spacial score (nSPS) is 14.4. The number of benzene rings is 2. The summed E-state index contributed by atoms with van der Waals surface area (Å²) in [4.78, 5) is 25.7. The third-order valence-corrected chi connectivity index (χ3v) is 5.07. The largest absolute Gasteiger partial charge is 0.493 e. The first kappa shape index (κ1) is 21.1. The van der Waals surface area contributed by atoms with E-state index in [0.29, 0.717) is 22.9 Å². The smallest absolute Gasteiger partial charge is 0.296 e. The van der Waals surface area contributed by atoms with E-state index in [1.54, 1.807) is 24.3 Å². The highest BCUT2D eigenvalue weighted by Crippen LogP contribution is 2.29. The van der Waals surface area contributed by atoms with E-state index in [2.05, 4.69) is 10.2 Å². The molecule has 0 aromatic heterocycles. The van der Waals surface area contributed by atoms with Crippen LogP contribution in [0.25, 0.3) is 0 Å². The first-order valence-electron chi connectivity index (χ1n) is 9.73. The number of hydrogen-bond acceptors (Lipinski definition) is 5. The number of anilines is 1. The minimum absolute atomic E-state index is 0.112. The standard InChI is InChI=1S/C21H24ClN3O4/c22-17-7-4-6-16(14-17)21(26)23-19-9-8-18(15-20(19)25(27)28)29-13-5-12-24-10-2-1-3-11-24/h4,6-9,14-15H,1-3,5,10-13H2,(H,23,26). The summed E-state index contributed by atoms with van der Waals surface area (Å²) in [6.45, 7) is 3.72. The van der Waals surface area contributed by atoms with Crippen LogP contribution in [0.2, 0.25) is 5.02 Å². The van der Waals surface area contributed by atoms with Gasteiger partial charge in [0.25, 0.3) is 11.6 Å². The van der Waals surface area contributed by atoms with Crippen molar-refractivity contribution in [2.45, 2.75) is 25.7 Å². The monoisotopic (exact) mass is 417 g/mol. The van der Waals surface area contributed by atoms with Gasteiger partial charge in [0.15, 0.2) is 0 Å². The summed E-state index contributed by atoms with van der Waals surface area (Å²) >= 11 is 5.90. The fourth-order valence-corrected chi connectivity index (χ4v) is 3.53. The van der Waals surface area contributed by atoms with Gasteiger partial charge in [0.05, 0.1) is 17.6 Å². The van der Waals surface area contributed by atoms with Crippen LogP contribution < -0.4 is 10.1 Å². The highest BCUT2D eigenvalue weighted by atomic mass is 35.5. The molecule has 0 atom stereocenters. The van der Waals surface area contributed by atoms with E-state index in [-0.39, 0.29) is 11.4 Å². The van der Waals surface area contributed by atoms with Gasteiger partial charge in [-0.05, 0) is 62.7 Å². The van der Waals surface area contributed by atoms with E-state index < -0.39 is 10.8 Å². The van der Waals surface area contributed by atoms with Crippen LogP contribution >= 0.6 is 11.6 Å². The van der Waals surface area contributed by atoms with Crippen LogP contribution in [0.15, 0.2) is 42.5 Å². The number of nitrogens with zero attached hydrogens (tertiary/aromatic N) is 2. The molecule has 0 unspecified atom stereocenters. The fraction of sp³-hybridized carbons (Fsp3) is 0.381. The Morgan fingerprint density at radius 1 is 1.17 bits per heavy atom. The molecule has 1 heterocycles. The maximum Gasteiger partial charge on any atom is 0.296 e. The van der Waals surface area contributed by atoms with Crippen LogP contribution in [-0.2, 0) is 0 Å². The zero-order chi connectivity index (χ0) is 20.6. The van der Waals surface area contributed by atoms with Gasteiger partial charge in [0.1, 0.15) is 11.4 Å². The Kier molecular flexibility index (Phi) is 7.43. The molecule has 0 saturated carbocycles. The Labute approximate surface area is 174 Å². The second-order valence-corrected chi connectivity index (χ2v) is 7.44. The van der Waals surface area contributed by atoms with Gasteiger partial charge in [-0.1, -0.05) is 24.1 Å². The first-order valence-corrected chi connectivity index (χ1v) is 10.1. The minimum atomic E-state index is -0.534. The van der Waals surface area contributed by atoms with Gasteiger partial charge >= 0.3 is 0 Å².